The van der Waals surface area contributed by atoms with Gasteiger partial charge in [-0.1, -0.05) is 0 Å². The van der Waals surface area contributed by atoms with Crippen molar-refractivity contribution >= 4 is 0 Å². The Hall–Kier alpha value is 1.01. The predicted molar refractivity (Wildman–Crippen MR) is 25.8 cm³/mol. The zero-order chi connectivity index (χ0) is 4.57. The van der Waals surface area contributed by atoms with Crippen molar-refractivity contribution < 1.29 is 31.1 Å². The van der Waals surface area contributed by atoms with Crippen molar-refractivity contribution in [3.8, 4) is 0 Å². The molecule has 2 aliphatic rings. The van der Waals surface area contributed by atoms with Gasteiger partial charge in [0.1, 0.15) is 0 Å². The molecule has 0 N–H and O–H groups in total. The van der Waals surface area contributed by atoms with E-state index in [0.717, 1.165) is 0 Å². The van der Waals surface area contributed by atoms with Crippen LogP contribution in [0.4, 0.5) is 0 Å². The average molecular weight is 321 g/mol. The maximum atomic E-state index is 3.25. The quantitative estimate of drug-likeness (QED) is 0.469. The Balaban J connectivity index is 0.000000112. The van der Waals surface area contributed by atoms with Crippen molar-refractivity contribution in [2.75, 3.05) is 13.1 Å². The van der Waals surface area contributed by atoms with Crippen LogP contribution >= 0.6 is 0 Å². The van der Waals surface area contributed by atoms with Crippen LogP contribution in [0.3, 0.4) is 0 Å². The second-order valence-electron chi connectivity index (χ2n) is 1.42. The second kappa shape index (κ2) is 3.12. The molecule has 2 saturated heterocycles. The number of hydrogen-bond acceptors (Lipinski definition) is 1. The van der Waals surface area contributed by atoms with Gasteiger partial charge in [-0.15, -0.1) is 13.1 Å². The molecule has 0 bridgehead atoms. The van der Waals surface area contributed by atoms with E-state index >= 15 is 0 Å². The first-order chi connectivity index (χ1) is 2.97. The van der Waals surface area contributed by atoms with Crippen LogP contribution < -0.4 is 0 Å². The molecule has 2 heterocycles. The van der Waals surface area contributed by atoms with E-state index in [1.54, 1.807) is 13.0 Å². The molecule has 0 saturated carbocycles. The molecule has 0 unspecified atom stereocenters. The molecule has 2 heteroatoms. The minimum atomic E-state index is 0. The average Bonchev–Trinajstić information content (AvgIpc) is 2.17. The summed E-state index contributed by atoms with van der Waals surface area (Å²) in [5.74, 6) is 0. The summed E-state index contributed by atoms with van der Waals surface area (Å²) in [6.45, 7) is 7.67. The Bertz CT molecular complexity index is 44.0. The summed E-state index contributed by atoms with van der Waals surface area (Å²) in [5.41, 5.74) is 0. The van der Waals surface area contributed by atoms with Crippen molar-refractivity contribution in [3.63, 3.8) is 0 Å². The molecule has 0 aromatic heterocycles. The smallest absolute Gasteiger partial charge is 0.499 e. The maximum Gasteiger partial charge on any atom is 2.00 e. The van der Waals surface area contributed by atoms with Crippen molar-refractivity contribution in [2.24, 2.45) is 0 Å². The molecule has 2 aliphatic heterocycles. The van der Waals surface area contributed by atoms with E-state index in [0.29, 0.717) is 0 Å². The van der Waals surface area contributed by atoms with Gasteiger partial charge < -0.3 is 11.8 Å². The monoisotopic (exact) mass is 321 g/mol. The topological polar surface area (TPSA) is 3.01 Å². The first-order valence-corrected chi connectivity index (χ1v) is 2.27. The number of hydrogen-bond donors (Lipinski definition) is 0. The normalized spacial score (nSPS) is 23.1. The van der Waals surface area contributed by atoms with Gasteiger partial charge in [-0.25, -0.2) is 6.04 Å². The van der Waals surface area contributed by atoms with Gasteiger partial charge in [0.25, 0.3) is 0 Å². The third-order valence-electron chi connectivity index (χ3n) is 0.987. The summed E-state index contributed by atoms with van der Waals surface area (Å²) >= 11 is 0. The molecule has 0 aliphatic carbocycles. The number of rotatable bonds is 0. The van der Waals surface area contributed by atoms with Crippen molar-refractivity contribution in [3.05, 3.63) is 13.0 Å². The molecule has 0 atom stereocenters. The molecule has 2 rings (SSSR count). The van der Waals surface area contributed by atoms with Gasteiger partial charge in [0.2, 0.25) is 0 Å². The summed E-state index contributed by atoms with van der Waals surface area (Å²) in [6, 6.07) is 1.67. The Morgan fingerprint density at radius 1 is 1.43 bits per heavy atom. The maximum absolute atomic E-state index is 3.25. The summed E-state index contributed by atoms with van der Waals surface area (Å²) < 4.78 is 0. The van der Waals surface area contributed by atoms with Crippen LogP contribution in [0, 0.1) is 44.1 Å². The molecule has 0 amide bonds. The van der Waals surface area contributed by atoms with E-state index in [1.807, 2.05) is 0 Å². The minimum Gasteiger partial charge on any atom is -0.499 e. The SMILES string of the molecule is C1[C-]2CN12.[CH2-]C.[U+2]. The zero-order valence-electron chi connectivity index (χ0n) is 4.57. The van der Waals surface area contributed by atoms with Gasteiger partial charge in [0.15, 0.2) is 0 Å². The van der Waals surface area contributed by atoms with E-state index < -0.39 is 0 Å². The van der Waals surface area contributed by atoms with Gasteiger partial charge in [0.05, 0.1) is 0 Å². The first-order valence-electron chi connectivity index (χ1n) is 2.27. The molecular weight excluding hydrogens is 312 g/mol. The Morgan fingerprint density at radius 2 is 1.57 bits per heavy atom. The van der Waals surface area contributed by atoms with Gasteiger partial charge >= 0.3 is 31.1 Å². The molecule has 0 aromatic rings. The molecule has 0 radical (unpaired) electrons. The Kier molecular flexibility index (Phi) is 3.57. The van der Waals surface area contributed by atoms with Crippen LogP contribution in [0.2, 0.25) is 0 Å². The largest absolute Gasteiger partial charge is 2.00 e. The Labute approximate surface area is 68.8 Å². The van der Waals surface area contributed by atoms with E-state index in [1.165, 1.54) is 13.1 Å². The number of nitrogens with zero attached hydrogens (tertiary/aromatic N) is 1. The molecular formula is C5H9NU. The van der Waals surface area contributed by atoms with Crippen LogP contribution in [0.25, 0.3) is 0 Å². The van der Waals surface area contributed by atoms with E-state index in [9.17, 15) is 0 Å². The number of fused-ring (bicyclic) bond motifs is 1. The van der Waals surface area contributed by atoms with Crippen LogP contribution in [-0.2, 0) is 0 Å². The van der Waals surface area contributed by atoms with Crippen LogP contribution in [0.1, 0.15) is 6.92 Å². The predicted octanol–water partition coefficient (Wildman–Crippen LogP) is 0.688. The fraction of sp³-hybridized carbons (Fsp3) is 0.600. The minimum absolute atomic E-state index is 0. The standard InChI is InChI=1S/C3H4N.C2H5.U/c1-3-2-4(1)3;1-2;/h1-2H2;1H2,2H3;/q2*-1;+2. The zero-order valence-corrected chi connectivity index (χ0v) is 8.73. The summed E-state index contributed by atoms with van der Waals surface area (Å²) in [6.07, 6.45) is 0. The third kappa shape index (κ3) is 2.17. The summed E-state index contributed by atoms with van der Waals surface area (Å²) in [5, 5.41) is 0. The molecule has 7 heavy (non-hydrogen) atoms. The molecule has 2 fully saturated rings. The van der Waals surface area contributed by atoms with Gasteiger partial charge in [-0.3, -0.25) is 0 Å². The van der Waals surface area contributed by atoms with Crippen molar-refractivity contribution in [2.45, 2.75) is 6.92 Å². The fourth-order valence-electron chi connectivity index (χ4n) is 0.324. The Morgan fingerprint density at radius 3 is 1.57 bits per heavy atom. The van der Waals surface area contributed by atoms with Crippen LogP contribution in [0.15, 0.2) is 0 Å². The van der Waals surface area contributed by atoms with E-state index in [2.05, 4.69) is 11.8 Å². The molecule has 38 valence electrons. The van der Waals surface area contributed by atoms with E-state index in [4.69, 9.17) is 0 Å². The van der Waals surface area contributed by atoms with Gasteiger partial charge in [-0.05, 0) is 0 Å². The second-order valence-corrected chi connectivity index (χ2v) is 1.42. The van der Waals surface area contributed by atoms with E-state index in [-0.39, 0.29) is 31.1 Å². The molecule has 0 spiro atoms. The third-order valence-corrected chi connectivity index (χ3v) is 0.987. The first kappa shape index (κ1) is 8.01. The van der Waals surface area contributed by atoms with Gasteiger partial charge in [0, 0.05) is 0 Å². The van der Waals surface area contributed by atoms with Crippen molar-refractivity contribution in [1.29, 1.82) is 0 Å². The van der Waals surface area contributed by atoms with Crippen LogP contribution in [-0.4, -0.2) is 18.0 Å². The van der Waals surface area contributed by atoms with Crippen molar-refractivity contribution in [1.82, 2.24) is 4.90 Å². The summed E-state index contributed by atoms with van der Waals surface area (Å²) in [7, 11) is 0. The molecule has 0 aromatic carbocycles. The fourth-order valence-corrected chi connectivity index (χ4v) is 0.324. The molecule has 1 nitrogen and oxygen atoms in total. The van der Waals surface area contributed by atoms with Crippen LogP contribution in [0.5, 0.6) is 0 Å². The van der Waals surface area contributed by atoms with Gasteiger partial charge in [-0.2, -0.15) is 6.92 Å². The summed E-state index contributed by atoms with van der Waals surface area (Å²) in [4.78, 5) is 2.33.